The van der Waals surface area contributed by atoms with Gasteiger partial charge in [-0.15, -0.1) is 0 Å². The van der Waals surface area contributed by atoms with Crippen LogP contribution in [0.5, 0.6) is 0 Å². The molecule has 30 heavy (non-hydrogen) atoms. The molecule has 1 aliphatic heterocycles. The molecule has 0 radical (unpaired) electrons. The fourth-order valence-electron chi connectivity index (χ4n) is 5.20. The Labute approximate surface area is 187 Å². The molecule has 4 nitrogen and oxygen atoms in total. The van der Waals surface area contributed by atoms with Crippen molar-refractivity contribution in [1.82, 2.24) is 0 Å². The molecule has 5 heteroatoms. The van der Waals surface area contributed by atoms with E-state index in [9.17, 15) is 9.59 Å². The second-order valence-corrected chi connectivity index (χ2v) is 10.7. The van der Waals surface area contributed by atoms with Gasteiger partial charge in [-0.05, 0) is 62.1 Å². The number of hydrogen-bond donors (Lipinski definition) is 0. The van der Waals surface area contributed by atoms with Crippen LogP contribution < -0.4 is 0 Å². The molecule has 4 rings (SSSR count). The van der Waals surface area contributed by atoms with Gasteiger partial charge >= 0.3 is 5.97 Å². The van der Waals surface area contributed by atoms with Crippen molar-refractivity contribution in [3.63, 3.8) is 0 Å². The summed E-state index contributed by atoms with van der Waals surface area (Å²) in [5, 5.41) is 0. The van der Waals surface area contributed by atoms with Crippen LogP contribution in [0, 0.1) is 11.3 Å². The molecule has 0 N–H and O–H groups in total. The lowest BCUT2D eigenvalue weighted by Crippen LogP contribution is -2.40. The summed E-state index contributed by atoms with van der Waals surface area (Å²) in [5.41, 5.74) is 3.18. The maximum absolute atomic E-state index is 13.4. The van der Waals surface area contributed by atoms with E-state index in [-0.39, 0.29) is 29.2 Å². The number of hydrogen-bond acceptors (Lipinski definition) is 4. The minimum atomic E-state index is -0.544. The molecule has 1 saturated carbocycles. The van der Waals surface area contributed by atoms with E-state index in [0.717, 1.165) is 53.5 Å². The first-order valence-corrected chi connectivity index (χ1v) is 11.8. The highest BCUT2D eigenvalue weighted by atomic mass is 79.9. The Balaban J connectivity index is 1.74. The highest BCUT2D eigenvalue weighted by molar-refractivity contribution is 9.10. The monoisotopic (exact) mass is 471 g/mol. The first kappa shape index (κ1) is 21.5. The van der Waals surface area contributed by atoms with Gasteiger partial charge in [0.2, 0.25) is 0 Å². The van der Waals surface area contributed by atoms with Crippen LogP contribution in [0.15, 0.2) is 45.0 Å². The number of esters is 1. The number of benzene rings is 1. The van der Waals surface area contributed by atoms with E-state index >= 15 is 0 Å². The van der Waals surface area contributed by atoms with Crippen molar-refractivity contribution in [3.8, 4) is 0 Å². The minimum Gasteiger partial charge on any atom is -0.462 e. The zero-order chi connectivity index (χ0) is 21.5. The Morgan fingerprint density at radius 2 is 1.77 bits per heavy atom. The molecule has 2 aliphatic carbocycles. The van der Waals surface area contributed by atoms with Gasteiger partial charge in [-0.1, -0.05) is 48.3 Å². The summed E-state index contributed by atoms with van der Waals surface area (Å²) in [6, 6.07) is 7.95. The summed E-state index contributed by atoms with van der Waals surface area (Å²) in [7, 11) is 0. The smallest absolute Gasteiger partial charge is 0.315 e. The third-order valence-electron chi connectivity index (χ3n) is 6.62. The second kappa shape index (κ2) is 8.41. The number of ether oxygens (including phenoxy) is 1. The third kappa shape index (κ3) is 4.32. The Hall–Kier alpha value is -1.75. The summed E-state index contributed by atoms with van der Waals surface area (Å²) in [6.45, 7) is 6.13. The number of allylic oxidation sites excluding steroid dienone is 2. The van der Waals surface area contributed by atoms with Gasteiger partial charge in [0.15, 0.2) is 5.78 Å². The van der Waals surface area contributed by atoms with E-state index < -0.39 is 5.92 Å². The molecule has 0 spiro atoms. The highest BCUT2D eigenvalue weighted by Crippen LogP contribution is 2.48. The molecule has 0 aromatic heterocycles. The van der Waals surface area contributed by atoms with Crippen LogP contribution in [-0.2, 0) is 14.3 Å². The molecule has 1 fully saturated rings. The molecular formula is C25H30BrNO3. The van der Waals surface area contributed by atoms with E-state index in [1.807, 2.05) is 31.2 Å². The van der Waals surface area contributed by atoms with Gasteiger partial charge in [0, 0.05) is 33.8 Å². The van der Waals surface area contributed by atoms with Gasteiger partial charge in [0.25, 0.3) is 0 Å². The molecule has 1 unspecified atom stereocenters. The van der Waals surface area contributed by atoms with E-state index in [4.69, 9.17) is 9.73 Å². The zero-order valence-electron chi connectivity index (χ0n) is 18.0. The average Bonchev–Trinajstić information content (AvgIpc) is 2.67. The Kier molecular flexibility index (Phi) is 6.02. The molecule has 2 atom stereocenters. The van der Waals surface area contributed by atoms with E-state index in [2.05, 4.69) is 29.8 Å². The third-order valence-corrected chi connectivity index (χ3v) is 7.15. The number of carbonyl (C=O) groups excluding carboxylic acids is 2. The van der Waals surface area contributed by atoms with Gasteiger partial charge < -0.3 is 4.74 Å². The number of aliphatic imine (C=N–C) groups is 1. The maximum atomic E-state index is 13.4. The van der Waals surface area contributed by atoms with Crippen molar-refractivity contribution < 1.29 is 14.3 Å². The summed E-state index contributed by atoms with van der Waals surface area (Å²) >= 11 is 3.49. The fourth-order valence-corrected chi connectivity index (χ4v) is 5.47. The Bertz CT molecular complexity index is 907. The van der Waals surface area contributed by atoms with Crippen LogP contribution in [0.25, 0.3) is 0 Å². The van der Waals surface area contributed by atoms with Gasteiger partial charge in [-0.3, -0.25) is 14.6 Å². The summed E-state index contributed by atoms with van der Waals surface area (Å²) in [6.07, 6.45) is 6.50. The molecule has 0 bridgehead atoms. The summed E-state index contributed by atoms with van der Waals surface area (Å²) < 4.78 is 6.94. The van der Waals surface area contributed by atoms with Crippen molar-refractivity contribution in [1.29, 1.82) is 0 Å². The minimum absolute atomic E-state index is 0.0130. The van der Waals surface area contributed by atoms with Crippen LogP contribution in [0.4, 0.5) is 0 Å². The van der Waals surface area contributed by atoms with E-state index in [0.29, 0.717) is 12.0 Å². The van der Waals surface area contributed by atoms with Crippen LogP contribution in [0.1, 0.15) is 77.2 Å². The molecule has 0 saturated heterocycles. The van der Waals surface area contributed by atoms with Gasteiger partial charge in [-0.2, -0.15) is 0 Å². The van der Waals surface area contributed by atoms with Gasteiger partial charge in [-0.25, -0.2) is 0 Å². The summed E-state index contributed by atoms with van der Waals surface area (Å²) in [5.74, 6) is -0.997. The first-order valence-electron chi connectivity index (χ1n) is 11.0. The molecule has 160 valence electrons. The van der Waals surface area contributed by atoms with Crippen LogP contribution >= 0.6 is 15.9 Å². The van der Waals surface area contributed by atoms with Crippen molar-refractivity contribution in [3.05, 3.63) is 45.6 Å². The molecular weight excluding hydrogens is 442 g/mol. The lowest BCUT2D eigenvalue weighted by atomic mass is 9.67. The lowest BCUT2D eigenvalue weighted by molar-refractivity contribution is -0.153. The standard InChI is InChI=1S/C25H30BrNO3/c1-15-21(24(29)30-18-7-5-4-6-8-18)22(16-9-11-17(26)12-10-16)23-19(27-15)13-25(2,3)14-20(23)28/h9-12,18,21-22H,4-8,13-14H2,1-3H3/t21?,22-/m1/s1. The first-order chi connectivity index (χ1) is 14.2. The van der Waals surface area contributed by atoms with Crippen LogP contribution in [0.2, 0.25) is 0 Å². The number of ketones is 1. The normalized spacial score (nSPS) is 26.8. The van der Waals surface area contributed by atoms with Gasteiger partial charge in [0.05, 0.1) is 0 Å². The zero-order valence-corrected chi connectivity index (χ0v) is 19.6. The number of rotatable bonds is 3. The predicted molar refractivity (Wildman–Crippen MR) is 121 cm³/mol. The SMILES string of the molecule is CC1=NC2=C(C(=O)CC(C)(C)C2)[C@H](c2ccc(Br)cc2)C1C(=O)OC1CCCCC1. The number of halogens is 1. The van der Waals surface area contributed by atoms with Crippen molar-refractivity contribution >= 4 is 33.4 Å². The second-order valence-electron chi connectivity index (χ2n) is 9.76. The Morgan fingerprint density at radius 1 is 1.10 bits per heavy atom. The quantitative estimate of drug-likeness (QED) is 0.497. The Morgan fingerprint density at radius 3 is 2.43 bits per heavy atom. The van der Waals surface area contributed by atoms with E-state index in [1.54, 1.807) is 0 Å². The topological polar surface area (TPSA) is 55.7 Å². The molecule has 1 heterocycles. The molecule has 0 amide bonds. The summed E-state index contributed by atoms with van der Waals surface area (Å²) in [4.78, 5) is 31.5. The average molecular weight is 472 g/mol. The molecule has 3 aliphatic rings. The predicted octanol–water partition coefficient (Wildman–Crippen LogP) is 6.14. The van der Waals surface area contributed by atoms with Crippen LogP contribution in [0.3, 0.4) is 0 Å². The largest absolute Gasteiger partial charge is 0.462 e. The number of Topliss-reactive ketones (excluding diaryl/α,β-unsaturated/α-hetero) is 1. The van der Waals surface area contributed by atoms with E-state index in [1.165, 1.54) is 6.42 Å². The highest BCUT2D eigenvalue weighted by Gasteiger charge is 2.46. The van der Waals surface area contributed by atoms with Crippen molar-refractivity contribution in [2.24, 2.45) is 16.3 Å². The maximum Gasteiger partial charge on any atom is 0.315 e. The van der Waals surface area contributed by atoms with Crippen LogP contribution in [-0.4, -0.2) is 23.6 Å². The molecule has 1 aromatic carbocycles. The number of nitrogens with zero attached hydrogens (tertiary/aromatic N) is 1. The van der Waals surface area contributed by atoms with Gasteiger partial charge in [0.1, 0.15) is 12.0 Å². The van der Waals surface area contributed by atoms with Crippen molar-refractivity contribution in [2.45, 2.75) is 77.7 Å². The number of carbonyl (C=O) groups is 2. The van der Waals surface area contributed by atoms with Crippen molar-refractivity contribution in [2.75, 3.05) is 0 Å². The lowest BCUT2D eigenvalue weighted by Gasteiger charge is -2.39. The fraction of sp³-hybridized carbons (Fsp3) is 0.560. The molecule has 1 aromatic rings.